The minimum Gasteiger partial charge on any atom is -0.337 e. The number of piperidine rings is 1. The van der Waals surface area contributed by atoms with Crippen LogP contribution in [0.1, 0.15) is 51.9 Å². The first-order valence-corrected chi connectivity index (χ1v) is 11.0. The van der Waals surface area contributed by atoms with E-state index in [0.717, 1.165) is 29.7 Å². The number of benzene rings is 1. The Morgan fingerprint density at radius 3 is 2.76 bits per heavy atom. The lowest BCUT2D eigenvalue weighted by atomic mass is 9.96. The van der Waals surface area contributed by atoms with Crippen LogP contribution >= 0.6 is 0 Å². The van der Waals surface area contributed by atoms with Crippen LogP contribution in [0.3, 0.4) is 0 Å². The van der Waals surface area contributed by atoms with E-state index in [1.54, 1.807) is 21.9 Å². The third kappa shape index (κ3) is 4.18. The second-order valence-electron chi connectivity index (χ2n) is 8.43. The van der Waals surface area contributed by atoms with Crippen molar-refractivity contribution in [1.29, 1.82) is 0 Å². The monoisotopic (exact) mass is 446 g/mol. The van der Waals surface area contributed by atoms with Gasteiger partial charge in [0, 0.05) is 42.7 Å². The van der Waals surface area contributed by atoms with Crippen LogP contribution in [0.2, 0.25) is 0 Å². The van der Waals surface area contributed by atoms with Crippen LogP contribution in [0.5, 0.6) is 0 Å². The van der Waals surface area contributed by atoms with E-state index in [9.17, 15) is 14.0 Å². The maximum atomic E-state index is 13.3. The minimum atomic E-state index is -0.315. The minimum absolute atomic E-state index is 0.0354. The van der Waals surface area contributed by atoms with Crippen LogP contribution < -0.4 is 4.90 Å². The molecule has 0 saturated carbocycles. The Morgan fingerprint density at radius 1 is 1.18 bits per heavy atom. The summed E-state index contributed by atoms with van der Waals surface area (Å²) < 4.78 is 13.3. The Balaban J connectivity index is 1.40. The summed E-state index contributed by atoms with van der Waals surface area (Å²) in [5.74, 6) is 0.702. The molecule has 3 aromatic rings. The van der Waals surface area contributed by atoms with Crippen LogP contribution in [0.4, 0.5) is 10.2 Å². The first-order chi connectivity index (χ1) is 16.0. The van der Waals surface area contributed by atoms with Crippen molar-refractivity contribution in [2.24, 2.45) is 0 Å². The number of fused-ring (bicyclic) bond motifs is 1. The van der Waals surface area contributed by atoms with Gasteiger partial charge in [-0.3, -0.25) is 19.5 Å². The van der Waals surface area contributed by atoms with E-state index in [1.165, 1.54) is 30.7 Å². The van der Waals surface area contributed by atoms with Gasteiger partial charge in [-0.2, -0.15) is 0 Å². The SMILES string of the molecule is Cc1nc(C2CCCN(C(=O)c3cnccn3)C2)nc2c1CC(=O)N2Cc1ccc(F)cc1. The van der Waals surface area contributed by atoms with Crippen molar-refractivity contribution >= 4 is 17.6 Å². The van der Waals surface area contributed by atoms with Crippen molar-refractivity contribution < 1.29 is 14.0 Å². The Labute approximate surface area is 190 Å². The zero-order chi connectivity index (χ0) is 22.9. The first-order valence-electron chi connectivity index (χ1n) is 11.0. The van der Waals surface area contributed by atoms with Gasteiger partial charge in [-0.25, -0.2) is 19.3 Å². The van der Waals surface area contributed by atoms with Gasteiger partial charge in [-0.1, -0.05) is 12.1 Å². The molecule has 1 fully saturated rings. The first kappa shape index (κ1) is 21.1. The smallest absolute Gasteiger partial charge is 0.274 e. The number of halogens is 1. The van der Waals surface area contributed by atoms with Crippen molar-refractivity contribution in [2.45, 2.75) is 38.6 Å². The Bertz CT molecular complexity index is 1200. The summed E-state index contributed by atoms with van der Waals surface area (Å²) in [7, 11) is 0. The number of anilines is 1. The summed E-state index contributed by atoms with van der Waals surface area (Å²) in [6.45, 7) is 3.35. The van der Waals surface area contributed by atoms with E-state index in [0.29, 0.717) is 37.0 Å². The molecule has 2 aliphatic rings. The highest BCUT2D eigenvalue weighted by molar-refractivity contribution is 6.00. The van der Waals surface area contributed by atoms with Crippen molar-refractivity contribution in [3.63, 3.8) is 0 Å². The fraction of sp³-hybridized carbons (Fsp3) is 0.333. The molecule has 8 nitrogen and oxygen atoms in total. The third-order valence-electron chi connectivity index (χ3n) is 6.20. The molecule has 9 heteroatoms. The summed E-state index contributed by atoms with van der Waals surface area (Å²) in [5.41, 5.74) is 2.76. The number of rotatable bonds is 4. The van der Waals surface area contributed by atoms with E-state index in [4.69, 9.17) is 9.97 Å². The maximum absolute atomic E-state index is 13.3. The van der Waals surface area contributed by atoms with Crippen LogP contribution in [-0.4, -0.2) is 49.7 Å². The zero-order valence-corrected chi connectivity index (χ0v) is 18.2. The van der Waals surface area contributed by atoms with Gasteiger partial charge >= 0.3 is 0 Å². The molecule has 2 aromatic heterocycles. The van der Waals surface area contributed by atoms with Gasteiger partial charge in [0.2, 0.25) is 5.91 Å². The second kappa shape index (κ2) is 8.65. The Hall–Kier alpha value is -3.75. The van der Waals surface area contributed by atoms with Gasteiger partial charge in [-0.15, -0.1) is 0 Å². The van der Waals surface area contributed by atoms with Crippen molar-refractivity contribution in [3.8, 4) is 0 Å². The molecule has 1 aromatic carbocycles. The van der Waals surface area contributed by atoms with Gasteiger partial charge < -0.3 is 4.90 Å². The normalized spacial score (nSPS) is 17.9. The van der Waals surface area contributed by atoms with Gasteiger partial charge in [0.1, 0.15) is 23.2 Å². The number of amides is 2. The highest BCUT2D eigenvalue weighted by Crippen LogP contribution is 2.33. The van der Waals surface area contributed by atoms with Gasteiger partial charge in [-0.05, 0) is 37.5 Å². The van der Waals surface area contributed by atoms with Gasteiger partial charge in [0.05, 0.1) is 19.2 Å². The number of likely N-dealkylation sites (tertiary alicyclic amines) is 1. The maximum Gasteiger partial charge on any atom is 0.274 e. The number of carbonyl (C=O) groups is 2. The molecule has 33 heavy (non-hydrogen) atoms. The third-order valence-corrected chi connectivity index (χ3v) is 6.20. The second-order valence-corrected chi connectivity index (χ2v) is 8.43. The Morgan fingerprint density at radius 2 is 2.00 bits per heavy atom. The summed E-state index contributed by atoms with van der Waals surface area (Å²) in [5, 5.41) is 0. The largest absolute Gasteiger partial charge is 0.337 e. The molecular formula is C24H23FN6O2. The van der Waals surface area contributed by atoms with E-state index in [2.05, 4.69) is 9.97 Å². The molecule has 168 valence electrons. The fourth-order valence-corrected chi connectivity index (χ4v) is 4.46. The molecule has 1 atom stereocenters. The van der Waals surface area contributed by atoms with Crippen LogP contribution in [0, 0.1) is 12.7 Å². The highest BCUT2D eigenvalue weighted by Gasteiger charge is 2.34. The molecule has 0 N–H and O–H groups in total. The molecule has 0 aliphatic carbocycles. The van der Waals surface area contributed by atoms with E-state index in [1.807, 2.05) is 6.92 Å². The Kier molecular flexibility index (Phi) is 5.53. The molecule has 1 saturated heterocycles. The number of aromatic nitrogens is 4. The van der Waals surface area contributed by atoms with Gasteiger partial charge in [0.15, 0.2) is 0 Å². The average Bonchev–Trinajstić information content (AvgIpc) is 3.16. The lowest BCUT2D eigenvalue weighted by molar-refractivity contribution is -0.117. The number of aryl methyl sites for hydroxylation is 1. The molecule has 5 rings (SSSR count). The van der Waals surface area contributed by atoms with E-state index >= 15 is 0 Å². The van der Waals surface area contributed by atoms with E-state index in [-0.39, 0.29) is 30.0 Å². The number of hydrogen-bond acceptors (Lipinski definition) is 6. The summed E-state index contributed by atoms with van der Waals surface area (Å²) >= 11 is 0. The molecule has 0 radical (unpaired) electrons. The average molecular weight is 446 g/mol. The highest BCUT2D eigenvalue weighted by atomic mass is 19.1. The molecule has 4 heterocycles. The van der Waals surface area contributed by atoms with Gasteiger partial charge in [0.25, 0.3) is 5.91 Å². The number of nitrogens with zero attached hydrogens (tertiary/aromatic N) is 6. The predicted octanol–water partition coefficient (Wildman–Crippen LogP) is 2.82. The standard InChI is InChI=1S/C24H23FN6O2/c1-15-19-11-21(32)31(13-16-4-6-18(25)7-5-16)23(19)29-22(28-15)17-3-2-10-30(14-17)24(33)20-12-26-8-9-27-20/h4-9,12,17H,2-3,10-11,13-14H2,1H3. The quantitative estimate of drug-likeness (QED) is 0.612. The summed E-state index contributed by atoms with van der Waals surface area (Å²) in [6.07, 6.45) is 6.46. The van der Waals surface area contributed by atoms with Crippen LogP contribution in [0.25, 0.3) is 0 Å². The van der Waals surface area contributed by atoms with Crippen molar-refractivity contribution in [1.82, 2.24) is 24.8 Å². The van der Waals surface area contributed by atoms with Crippen LogP contribution in [0.15, 0.2) is 42.9 Å². The zero-order valence-electron chi connectivity index (χ0n) is 18.2. The lowest BCUT2D eigenvalue weighted by Crippen LogP contribution is -2.40. The van der Waals surface area contributed by atoms with Crippen molar-refractivity contribution in [3.05, 3.63) is 77.0 Å². The summed E-state index contributed by atoms with van der Waals surface area (Å²) in [4.78, 5) is 46.7. The lowest BCUT2D eigenvalue weighted by Gasteiger charge is -2.32. The van der Waals surface area contributed by atoms with E-state index < -0.39 is 0 Å². The molecule has 0 bridgehead atoms. The molecule has 0 spiro atoms. The number of hydrogen-bond donors (Lipinski definition) is 0. The van der Waals surface area contributed by atoms with Crippen molar-refractivity contribution in [2.75, 3.05) is 18.0 Å². The van der Waals surface area contributed by atoms with Crippen LogP contribution in [-0.2, 0) is 17.8 Å². The molecule has 1 unspecified atom stereocenters. The topological polar surface area (TPSA) is 92.2 Å². The molecule has 2 amide bonds. The predicted molar refractivity (Wildman–Crippen MR) is 118 cm³/mol. The fourth-order valence-electron chi connectivity index (χ4n) is 4.46. The molecule has 2 aliphatic heterocycles. The molecular weight excluding hydrogens is 423 g/mol. The number of carbonyl (C=O) groups excluding carboxylic acids is 2. The summed E-state index contributed by atoms with van der Waals surface area (Å²) in [6, 6.07) is 6.12.